The fraction of sp³-hybridized carbons (Fsp3) is 0.182. The summed E-state index contributed by atoms with van der Waals surface area (Å²) in [6, 6.07) is 6.73. The van der Waals surface area contributed by atoms with Gasteiger partial charge in [-0.05, 0) is 12.1 Å². The van der Waals surface area contributed by atoms with Crippen molar-refractivity contribution < 1.29 is 17.9 Å². The van der Waals surface area contributed by atoms with Crippen molar-refractivity contribution in [1.29, 1.82) is 0 Å². The van der Waals surface area contributed by atoms with Crippen LogP contribution < -0.4 is 14.2 Å². The first-order valence-corrected chi connectivity index (χ1v) is 7.02. The standard InChI is InChI=1S/C11H11N3O4S/c15-19(16,10-4-5-12-14-10)13-6-8-2-1-3-9-11(8)18-7-17-9/h1-5,13H,6-7H2,(H,12,14). The highest BCUT2D eigenvalue weighted by atomic mass is 32.2. The lowest BCUT2D eigenvalue weighted by molar-refractivity contribution is 0.173. The van der Waals surface area contributed by atoms with E-state index >= 15 is 0 Å². The van der Waals surface area contributed by atoms with Gasteiger partial charge in [0.05, 0.1) is 6.20 Å². The van der Waals surface area contributed by atoms with Crippen LogP contribution in [0.3, 0.4) is 0 Å². The van der Waals surface area contributed by atoms with Crippen LogP contribution in [0.25, 0.3) is 0 Å². The summed E-state index contributed by atoms with van der Waals surface area (Å²) in [6.45, 7) is 0.271. The molecule has 1 aliphatic heterocycles. The smallest absolute Gasteiger partial charge is 0.257 e. The van der Waals surface area contributed by atoms with Crippen molar-refractivity contribution in [1.82, 2.24) is 14.9 Å². The number of aromatic amines is 1. The molecule has 0 saturated heterocycles. The highest BCUT2D eigenvalue weighted by molar-refractivity contribution is 7.89. The molecule has 0 amide bonds. The summed E-state index contributed by atoms with van der Waals surface area (Å²) in [5.74, 6) is 1.20. The van der Waals surface area contributed by atoms with E-state index in [2.05, 4.69) is 14.9 Å². The molecule has 3 rings (SSSR count). The van der Waals surface area contributed by atoms with Crippen molar-refractivity contribution in [2.45, 2.75) is 11.6 Å². The van der Waals surface area contributed by atoms with Gasteiger partial charge in [0, 0.05) is 12.1 Å². The first kappa shape index (κ1) is 12.0. The summed E-state index contributed by atoms with van der Waals surface area (Å²) in [4.78, 5) is 0. The number of nitrogens with zero attached hydrogens (tertiary/aromatic N) is 1. The lowest BCUT2D eigenvalue weighted by atomic mass is 10.2. The summed E-state index contributed by atoms with van der Waals surface area (Å²) in [5.41, 5.74) is 0.720. The minimum atomic E-state index is -3.60. The number of hydrogen-bond acceptors (Lipinski definition) is 5. The van der Waals surface area contributed by atoms with Gasteiger partial charge in [0.25, 0.3) is 10.0 Å². The molecular weight excluding hydrogens is 270 g/mol. The van der Waals surface area contributed by atoms with Gasteiger partial charge in [0.2, 0.25) is 6.79 Å². The quantitative estimate of drug-likeness (QED) is 0.856. The fourth-order valence-corrected chi connectivity index (χ4v) is 2.69. The van der Waals surface area contributed by atoms with Crippen LogP contribution in [-0.4, -0.2) is 25.4 Å². The van der Waals surface area contributed by atoms with Gasteiger partial charge in [-0.1, -0.05) is 12.1 Å². The van der Waals surface area contributed by atoms with E-state index in [1.807, 2.05) is 0 Å². The van der Waals surface area contributed by atoms with Crippen LogP contribution in [0.5, 0.6) is 11.5 Å². The Morgan fingerprint density at radius 3 is 3.00 bits per heavy atom. The number of ether oxygens (including phenoxy) is 2. The number of nitrogens with one attached hydrogen (secondary N) is 2. The SMILES string of the molecule is O=S(=O)(NCc1cccc2c1OCO2)c1ccn[nH]1. The number of para-hydroxylation sites is 1. The van der Waals surface area contributed by atoms with Crippen LogP contribution in [0.15, 0.2) is 35.5 Å². The summed E-state index contributed by atoms with van der Waals surface area (Å²) in [5, 5.41) is 6.05. The van der Waals surface area contributed by atoms with E-state index < -0.39 is 10.0 Å². The number of fused-ring (bicyclic) bond motifs is 1. The molecule has 1 aromatic carbocycles. The third-order valence-corrected chi connectivity index (χ3v) is 4.03. The summed E-state index contributed by atoms with van der Waals surface area (Å²) in [6.07, 6.45) is 1.38. The molecule has 8 heteroatoms. The first-order chi connectivity index (χ1) is 9.17. The molecule has 2 aromatic rings. The van der Waals surface area contributed by atoms with E-state index in [9.17, 15) is 8.42 Å². The fourth-order valence-electron chi connectivity index (χ4n) is 1.77. The predicted octanol–water partition coefficient (Wildman–Crippen LogP) is 0.617. The molecule has 0 bridgehead atoms. The maximum absolute atomic E-state index is 11.9. The van der Waals surface area contributed by atoms with Gasteiger partial charge in [0.1, 0.15) is 0 Å². The van der Waals surface area contributed by atoms with Crippen LogP contribution in [0.2, 0.25) is 0 Å². The molecular formula is C11H11N3O4S. The van der Waals surface area contributed by atoms with Crippen molar-refractivity contribution in [3.8, 4) is 11.5 Å². The highest BCUT2D eigenvalue weighted by Crippen LogP contribution is 2.35. The Kier molecular flexibility index (Phi) is 2.88. The van der Waals surface area contributed by atoms with Crippen LogP contribution in [0, 0.1) is 0 Å². The van der Waals surface area contributed by atoms with Gasteiger partial charge in [-0.25, -0.2) is 13.1 Å². The lowest BCUT2D eigenvalue weighted by Crippen LogP contribution is -2.23. The maximum atomic E-state index is 11.9. The number of H-pyrrole nitrogens is 1. The minimum absolute atomic E-state index is 0.0252. The van der Waals surface area contributed by atoms with Crippen molar-refractivity contribution in [3.63, 3.8) is 0 Å². The lowest BCUT2D eigenvalue weighted by Gasteiger charge is -2.07. The average molecular weight is 281 g/mol. The summed E-state index contributed by atoms with van der Waals surface area (Å²) in [7, 11) is -3.60. The minimum Gasteiger partial charge on any atom is -0.454 e. The summed E-state index contributed by atoms with van der Waals surface area (Å²) >= 11 is 0. The van der Waals surface area contributed by atoms with E-state index in [0.29, 0.717) is 11.5 Å². The molecule has 2 heterocycles. The van der Waals surface area contributed by atoms with Crippen molar-refractivity contribution in [2.24, 2.45) is 0 Å². The zero-order valence-corrected chi connectivity index (χ0v) is 10.6. The third kappa shape index (κ3) is 2.27. The van der Waals surface area contributed by atoms with E-state index in [0.717, 1.165) is 5.56 Å². The molecule has 1 aromatic heterocycles. The number of sulfonamides is 1. The maximum Gasteiger partial charge on any atom is 0.257 e. The molecule has 7 nitrogen and oxygen atoms in total. The molecule has 100 valence electrons. The Hall–Kier alpha value is -2.06. The molecule has 0 aliphatic carbocycles. The predicted molar refractivity (Wildman–Crippen MR) is 65.2 cm³/mol. The molecule has 0 radical (unpaired) electrons. The number of rotatable bonds is 4. The zero-order valence-electron chi connectivity index (χ0n) is 9.79. The van der Waals surface area contributed by atoms with Gasteiger partial charge < -0.3 is 9.47 Å². The van der Waals surface area contributed by atoms with Gasteiger partial charge in [-0.15, -0.1) is 0 Å². The highest BCUT2D eigenvalue weighted by Gasteiger charge is 2.20. The van der Waals surface area contributed by atoms with Gasteiger partial charge in [0.15, 0.2) is 16.5 Å². The van der Waals surface area contributed by atoms with E-state index in [1.165, 1.54) is 12.3 Å². The molecule has 0 atom stereocenters. The topological polar surface area (TPSA) is 93.3 Å². The number of aromatic nitrogens is 2. The molecule has 1 aliphatic rings. The zero-order chi connectivity index (χ0) is 13.3. The Balaban J connectivity index is 1.79. The van der Waals surface area contributed by atoms with Gasteiger partial charge in [-0.2, -0.15) is 5.10 Å². The average Bonchev–Trinajstić information content (AvgIpc) is 3.07. The third-order valence-electron chi connectivity index (χ3n) is 2.70. The van der Waals surface area contributed by atoms with Gasteiger partial charge >= 0.3 is 0 Å². The number of benzene rings is 1. The van der Waals surface area contributed by atoms with Crippen LogP contribution in [0.4, 0.5) is 0 Å². The van der Waals surface area contributed by atoms with Crippen LogP contribution in [-0.2, 0) is 16.6 Å². The van der Waals surface area contributed by atoms with Crippen molar-refractivity contribution in [3.05, 3.63) is 36.0 Å². The van der Waals surface area contributed by atoms with Crippen molar-refractivity contribution >= 4 is 10.0 Å². The van der Waals surface area contributed by atoms with Crippen LogP contribution >= 0.6 is 0 Å². The Labute approximate surface area is 109 Å². The summed E-state index contributed by atoms with van der Waals surface area (Å²) < 4.78 is 36.8. The Morgan fingerprint density at radius 2 is 2.21 bits per heavy atom. The van der Waals surface area contributed by atoms with Gasteiger partial charge in [-0.3, -0.25) is 5.10 Å². The van der Waals surface area contributed by atoms with Crippen LogP contribution in [0.1, 0.15) is 5.56 Å². The van der Waals surface area contributed by atoms with E-state index in [-0.39, 0.29) is 18.4 Å². The Morgan fingerprint density at radius 1 is 1.32 bits per heavy atom. The molecule has 2 N–H and O–H groups in total. The molecule has 0 unspecified atom stereocenters. The van der Waals surface area contributed by atoms with E-state index in [4.69, 9.17) is 9.47 Å². The molecule has 19 heavy (non-hydrogen) atoms. The monoisotopic (exact) mass is 281 g/mol. The number of hydrogen-bond donors (Lipinski definition) is 2. The molecule has 0 saturated carbocycles. The Bertz CT molecular complexity index is 682. The second-order valence-electron chi connectivity index (χ2n) is 3.90. The normalized spacial score (nSPS) is 13.7. The first-order valence-electron chi connectivity index (χ1n) is 5.53. The molecule has 0 spiro atoms. The van der Waals surface area contributed by atoms with Crippen molar-refractivity contribution in [2.75, 3.05) is 6.79 Å². The second-order valence-corrected chi connectivity index (χ2v) is 5.63. The molecule has 0 fully saturated rings. The van der Waals surface area contributed by atoms with E-state index in [1.54, 1.807) is 18.2 Å². The second kappa shape index (κ2) is 4.56. The largest absolute Gasteiger partial charge is 0.454 e.